The second kappa shape index (κ2) is 7.22. The molecule has 22 heavy (non-hydrogen) atoms. The van der Waals surface area contributed by atoms with E-state index >= 15 is 0 Å². The van der Waals surface area contributed by atoms with Gasteiger partial charge in [0, 0.05) is 16.7 Å². The molecule has 0 spiro atoms. The van der Waals surface area contributed by atoms with Gasteiger partial charge in [0.2, 0.25) is 0 Å². The highest BCUT2D eigenvalue weighted by molar-refractivity contribution is 6.30. The van der Waals surface area contributed by atoms with Crippen molar-refractivity contribution < 1.29 is 18.3 Å². The Morgan fingerprint density at radius 2 is 1.91 bits per heavy atom. The van der Waals surface area contributed by atoms with Crippen LogP contribution in [0.2, 0.25) is 5.02 Å². The van der Waals surface area contributed by atoms with Crippen molar-refractivity contribution in [1.29, 1.82) is 0 Å². The monoisotopic (exact) mass is 325 g/mol. The van der Waals surface area contributed by atoms with Gasteiger partial charge in [0.15, 0.2) is 6.61 Å². The van der Waals surface area contributed by atoms with Crippen LogP contribution in [-0.2, 0) is 4.79 Å². The van der Waals surface area contributed by atoms with Crippen molar-refractivity contribution in [2.75, 3.05) is 6.61 Å². The number of nitrogens with one attached hydrogen (secondary N) is 1. The second-order valence-electron chi connectivity index (χ2n) is 4.70. The summed E-state index contributed by atoms with van der Waals surface area (Å²) in [6.45, 7) is 1.39. The van der Waals surface area contributed by atoms with Crippen molar-refractivity contribution >= 4 is 17.5 Å². The van der Waals surface area contributed by atoms with Crippen LogP contribution in [0.5, 0.6) is 5.75 Å². The Bertz CT molecular complexity index is 662. The Balaban J connectivity index is 1.89. The van der Waals surface area contributed by atoms with Gasteiger partial charge in [0.05, 0.1) is 6.04 Å². The summed E-state index contributed by atoms with van der Waals surface area (Å²) in [5, 5.41) is 3.15. The molecule has 0 bridgehead atoms. The number of carbonyl (C=O) groups is 1. The smallest absolute Gasteiger partial charge is 0.258 e. The fourth-order valence-corrected chi connectivity index (χ4v) is 2.02. The van der Waals surface area contributed by atoms with Crippen LogP contribution in [0.4, 0.5) is 8.78 Å². The lowest BCUT2D eigenvalue weighted by atomic mass is 10.1. The molecule has 1 unspecified atom stereocenters. The molecule has 0 aliphatic heterocycles. The summed E-state index contributed by atoms with van der Waals surface area (Å²) in [5.74, 6) is -1.27. The first kappa shape index (κ1) is 16.2. The zero-order valence-electron chi connectivity index (χ0n) is 11.8. The normalized spacial score (nSPS) is 11.8. The first-order chi connectivity index (χ1) is 10.5. The molecule has 1 amide bonds. The van der Waals surface area contributed by atoms with Crippen LogP contribution in [0.15, 0.2) is 42.5 Å². The average molecular weight is 326 g/mol. The van der Waals surface area contributed by atoms with Crippen LogP contribution in [-0.4, -0.2) is 12.5 Å². The minimum absolute atomic E-state index is 0.209. The summed E-state index contributed by atoms with van der Waals surface area (Å²) in [6, 6.07) is 9.19. The standard InChI is InChI=1S/C16H14ClF2NO2/c1-10(14-7-4-12(18)8-15(14)19)20-16(21)9-22-13-5-2-11(17)3-6-13/h2-8,10H,9H2,1H3,(H,20,21). The van der Waals surface area contributed by atoms with Gasteiger partial charge >= 0.3 is 0 Å². The van der Waals surface area contributed by atoms with Crippen molar-refractivity contribution in [2.45, 2.75) is 13.0 Å². The van der Waals surface area contributed by atoms with E-state index in [-0.39, 0.29) is 12.2 Å². The van der Waals surface area contributed by atoms with Gasteiger partial charge < -0.3 is 10.1 Å². The Morgan fingerprint density at radius 1 is 1.23 bits per heavy atom. The van der Waals surface area contributed by atoms with Gasteiger partial charge in [-0.3, -0.25) is 4.79 Å². The first-order valence-corrected chi connectivity index (χ1v) is 6.96. The summed E-state index contributed by atoms with van der Waals surface area (Å²) in [4.78, 5) is 11.8. The first-order valence-electron chi connectivity index (χ1n) is 6.58. The van der Waals surface area contributed by atoms with E-state index in [0.29, 0.717) is 10.8 Å². The molecule has 0 fully saturated rings. The average Bonchev–Trinajstić information content (AvgIpc) is 2.46. The highest BCUT2D eigenvalue weighted by Gasteiger charge is 2.14. The summed E-state index contributed by atoms with van der Waals surface area (Å²) in [5.41, 5.74) is 0.209. The fourth-order valence-electron chi connectivity index (χ4n) is 1.89. The molecule has 2 aromatic rings. The molecule has 6 heteroatoms. The van der Waals surface area contributed by atoms with Crippen LogP contribution >= 0.6 is 11.6 Å². The van der Waals surface area contributed by atoms with E-state index in [2.05, 4.69) is 5.32 Å². The maximum absolute atomic E-state index is 13.6. The number of carbonyl (C=O) groups excluding carboxylic acids is 1. The Labute approximate surface area is 131 Å². The minimum Gasteiger partial charge on any atom is -0.484 e. The SMILES string of the molecule is CC(NC(=O)COc1ccc(Cl)cc1)c1ccc(F)cc1F. The predicted octanol–water partition coefficient (Wildman–Crippen LogP) is 3.87. The van der Waals surface area contributed by atoms with Gasteiger partial charge in [0.1, 0.15) is 17.4 Å². The highest BCUT2D eigenvalue weighted by Crippen LogP contribution is 2.18. The lowest BCUT2D eigenvalue weighted by molar-refractivity contribution is -0.123. The summed E-state index contributed by atoms with van der Waals surface area (Å²) in [7, 11) is 0. The molecule has 2 rings (SSSR count). The minimum atomic E-state index is -0.702. The van der Waals surface area contributed by atoms with Crippen molar-refractivity contribution in [1.82, 2.24) is 5.32 Å². The lowest BCUT2D eigenvalue weighted by Gasteiger charge is -2.15. The number of ether oxygens (including phenoxy) is 1. The molecule has 1 N–H and O–H groups in total. The number of hydrogen-bond acceptors (Lipinski definition) is 2. The molecule has 3 nitrogen and oxygen atoms in total. The highest BCUT2D eigenvalue weighted by atomic mass is 35.5. The molecule has 2 aromatic carbocycles. The number of hydrogen-bond donors (Lipinski definition) is 1. The number of benzene rings is 2. The molecule has 0 aliphatic carbocycles. The quantitative estimate of drug-likeness (QED) is 0.906. The maximum atomic E-state index is 13.6. The van der Waals surface area contributed by atoms with Crippen LogP contribution in [0.1, 0.15) is 18.5 Å². The Hall–Kier alpha value is -2.14. The molecular formula is C16H14ClF2NO2. The van der Waals surface area contributed by atoms with Gasteiger partial charge in [-0.05, 0) is 37.3 Å². The molecule has 0 aliphatic rings. The van der Waals surface area contributed by atoms with Crippen LogP contribution < -0.4 is 10.1 Å². The van der Waals surface area contributed by atoms with E-state index in [1.165, 1.54) is 6.07 Å². The van der Waals surface area contributed by atoms with Gasteiger partial charge in [-0.25, -0.2) is 8.78 Å². The van der Waals surface area contributed by atoms with E-state index < -0.39 is 23.6 Å². The Morgan fingerprint density at radius 3 is 2.55 bits per heavy atom. The lowest BCUT2D eigenvalue weighted by Crippen LogP contribution is -2.31. The molecule has 0 radical (unpaired) electrons. The third-order valence-electron chi connectivity index (χ3n) is 2.99. The van der Waals surface area contributed by atoms with Crippen molar-refractivity contribution in [3.63, 3.8) is 0 Å². The zero-order chi connectivity index (χ0) is 16.1. The van der Waals surface area contributed by atoms with Crippen LogP contribution in [0.3, 0.4) is 0 Å². The number of rotatable bonds is 5. The van der Waals surface area contributed by atoms with Crippen LogP contribution in [0.25, 0.3) is 0 Å². The van der Waals surface area contributed by atoms with E-state index in [1.54, 1.807) is 31.2 Å². The number of halogens is 3. The molecule has 0 aromatic heterocycles. The van der Waals surface area contributed by atoms with E-state index in [0.717, 1.165) is 12.1 Å². The molecule has 116 valence electrons. The van der Waals surface area contributed by atoms with Gasteiger partial charge in [0.25, 0.3) is 5.91 Å². The van der Waals surface area contributed by atoms with E-state index in [4.69, 9.17) is 16.3 Å². The predicted molar refractivity (Wildman–Crippen MR) is 79.9 cm³/mol. The summed E-state index contributed by atoms with van der Waals surface area (Å²) in [6.07, 6.45) is 0. The summed E-state index contributed by atoms with van der Waals surface area (Å²) < 4.78 is 31.7. The van der Waals surface area contributed by atoms with Crippen LogP contribution in [0, 0.1) is 11.6 Å². The number of amides is 1. The third-order valence-corrected chi connectivity index (χ3v) is 3.24. The van der Waals surface area contributed by atoms with Gasteiger partial charge in [-0.2, -0.15) is 0 Å². The van der Waals surface area contributed by atoms with Crippen molar-refractivity contribution in [3.05, 3.63) is 64.7 Å². The van der Waals surface area contributed by atoms with Crippen molar-refractivity contribution in [3.8, 4) is 5.75 Å². The molecule has 0 saturated heterocycles. The van der Waals surface area contributed by atoms with Gasteiger partial charge in [-0.1, -0.05) is 17.7 Å². The topological polar surface area (TPSA) is 38.3 Å². The summed E-state index contributed by atoms with van der Waals surface area (Å²) >= 11 is 5.74. The largest absolute Gasteiger partial charge is 0.484 e. The van der Waals surface area contributed by atoms with Gasteiger partial charge in [-0.15, -0.1) is 0 Å². The fraction of sp³-hybridized carbons (Fsp3) is 0.188. The van der Waals surface area contributed by atoms with E-state index in [9.17, 15) is 13.6 Å². The zero-order valence-corrected chi connectivity index (χ0v) is 12.5. The van der Waals surface area contributed by atoms with E-state index in [1.807, 2.05) is 0 Å². The van der Waals surface area contributed by atoms with Crippen molar-refractivity contribution in [2.24, 2.45) is 0 Å². The molecule has 1 atom stereocenters. The molecular weight excluding hydrogens is 312 g/mol. The maximum Gasteiger partial charge on any atom is 0.258 e. The second-order valence-corrected chi connectivity index (χ2v) is 5.13. The molecule has 0 saturated carbocycles. The molecule has 0 heterocycles. The third kappa shape index (κ3) is 4.43. The Kier molecular flexibility index (Phi) is 5.33.